The summed E-state index contributed by atoms with van der Waals surface area (Å²) in [4.78, 5) is 0. The molecule has 0 amide bonds. The summed E-state index contributed by atoms with van der Waals surface area (Å²) in [6.45, 7) is 9.26. The summed E-state index contributed by atoms with van der Waals surface area (Å²) in [7, 11) is 0. The van der Waals surface area contributed by atoms with Crippen LogP contribution in [0.4, 0.5) is 4.39 Å². The molecular formula is C8H15F. The van der Waals surface area contributed by atoms with Crippen LogP contribution in [-0.2, 0) is 0 Å². The van der Waals surface area contributed by atoms with E-state index in [0.717, 1.165) is 5.57 Å². The van der Waals surface area contributed by atoms with Gasteiger partial charge in [0.15, 0.2) is 0 Å². The van der Waals surface area contributed by atoms with Crippen LogP contribution in [-0.4, -0.2) is 6.17 Å². The lowest BCUT2D eigenvalue weighted by Gasteiger charge is -2.10. The summed E-state index contributed by atoms with van der Waals surface area (Å²) in [5.74, 6) is 0.324. The van der Waals surface area contributed by atoms with Crippen LogP contribution in [0.25, 0.3) is 0 Å². The molecule has 0 spiro atoms. The molecule has 0 nitrogen and oxygen atoms in total. The summed E-state index contributed by atoms with van der Waals surface area (Å²) in [5.41, 5.74) is 1.07. The van der Waals surface area contributed by atoms with Crippen LogP contribution in [0.15, 0.2) is 12.2 Å². The van der Waals surface area contributed by atoms with Crippen molar-refractivity contribution in [1.82, 2.24) is 0 Å². The summed E-state index contributed by atoms with van der Waals surface area (Å²) < 4.78 is 12.3. The molecule has 0 bridgehead atoms. The molecule has 0 aliphatic heterocycles. The standard InChI is InChI=1S/C8H15F/c1-6(2)7(3)5-8(4)9/h7-8H,1,5H2,2-4H3/t7-,8-/m0/s1. The van der Waals surface area contributed by atoms with Crippen LogP contribution in [0.5, 0.6) is 0 Å². The fourth-order valence-corrected chi connectivity index (χ4v) is 0.688. The van der Waals surface area contributed by atoms with Gasteiger partial charge in [-0.2, -0.15) is 0 Å². The van der Waals surface area contributed by atoms with Crippen molar-refractivity contribution in [2.45, 2.75) is 33.4 Å². The highest BCUT2D eigenvalue weighted by Gasteiger charge is 2.06. The van der Waals surface area contributed by atoms with Gasteiger partial charge in [0.2, 0.25) is 0 Å². The van der Waals surface area contributed by atoms with Crippen molar-refractivity contribution < 1.29 is 4.39 Å². The zero-order valence-electron chi connectivity index (χ0n) is 6.45. The number of allylic oxidation sites excluding steroid dienone is 1. The largest absolute Gasteiger partial charge is 0.248 e. The average molecular weight is 130 g/mol. The monoisotopic (exact) mass is 130 g/mol. The lowest BCUT2D eigenvalue weighted by atomic mass is 9.99. The van der Waals surface area contributed by atoms with Gasteiger partial charge in [-0.3, -0.25) is 0 Å². The Hall–Kier alpha value is -0.330. The van der Waals surface area contributed by atoms with Gasteiger partial charge in [-0.25, -0.2) is 4.39 Å². The molecule has 0 aromatic heterocycles. The fourth-order valence-electron chi connectivity index (χ4n) is 0.688. The fraction of sp³-hybridized carbons (Fsp3) is 0.750. The minimum absolute atomic E-state index is 0.324. The lowest BCUT2D eigenvalue weighted by molar-refractivity contribution is 0.312. The van der Waals surface area contributed by atoms with Gasteiger partial charge in [-0.15, -0.1) is 0 Å². The van der Waals surface area contributed by atoms with Gasteiger partial charge in [0.25, 0.3) is 0 Å². The predicted octanol–water partition coefficient (Wildman–Crippen LogP) is 2.95. The Morgan fingerprint density at radius 2 is 2.00 bits per heavy atom. The molecule has 0 saturated carbocycles. The summed E-state index contributed by atoms with van der Waals surface area (Å²) in [6.07, 6.45) is -0.0910. The second-order valence-electron chi connectivity index (χ2n) is 2.76. The molecule has 0 aliphatic rings. The van der Waals surface area contributed by atoms with Crippen LogP contribution in [0.3, 0.4) is 0 Å². The van der Waals surface area contributed by atoms with Gasteiger partial charge in [0.1, 0.15) is 0 Å². The summed E-state index contributed by atoms with van der Waals surface area (Å²) in [6, 6.07) is 0. The topological polar surface area (TPSA) is 0 Å². The molecule has 0 aromatic carbocycles. The molecular weight excluding hydrogens is 115 g/mol. The van der Waals surface area contributed by atoms with Gasteiger partial charge < -0.3 is 0 Å². The van der Waals surface area contributed by atoms with E-state index in [0.29, 0.717) is 12.3 Å². The zero-order chi connectivity index (χ0) is 7.44. The molecule has 54 valence electrons. The molecule has 0 heterocycles. The van der Waals surface area contributed by atoms with E-state index in [2.05, 4.69) is 6.58 Å². The Balaban J connectivity index is 3.50. The van der Waals surface area contributed by atoms with Crippen LogP contribution < -0.4 is 0 Å². The minimum atomic E-state index is -0.698. The molecule has 0 saturated heterocycles. The quantitative estimate of drug-likeness (QED) is 0.515. The molecule has 0 aromatic rings. The van der Waals surface area contributed by atoms with Crippen LogP contribution in [0.2, 0.25) is 0 Å². The van der Waals surface area contributed by atoms with E-state index in [4.69, 9.17) is 0 Å². The third-order valence-corrected chi connectivity index (χ3v) is 1.52. The van der Waals surface area contributed by atoms with Gasteiger partial charge in [-0.05, 0) is 26.2 Å². The van der Waals surface area contributed by atoms with Crippen molar-refractivity contribution in [1.29, 1.82) is 0 Å². The highest BCUT2D eigenvalue weighted by Crippen LogP contribution is 2.15. The van der Waals surface area contributed by atoms with Gasteiger partial charge in [0, 0.05) is 0 Å². The SMILES string of the molecule is C=C(C)[C@@H](C)C[C@H](C)F. The number of alkyl halides is 1. The molecule has 2 atom stereocenters. The molecule has 0 unspecified atom stereocenters. The molecule has 1 heteroatoms. The molecule has 0 radical (unpaired) electrons. The number of hydrogen-bond acceptors (Lipinski definition) is 0. The van der Waals surface area contributed by atoms with Crippen molar-refractivity contribution in [3.63, 3.8) is 0 Å². The highest BCUT2D eigenvalue weighted by atomic mass is 19.1. The van der Waals surface area contributed by atoms with Gasteiger partial charge in [-0.1, -0.05) is 19.1 Å². The van der Waals surface area contributed by atoms with Gasteiger partial charge in [0.05, 0.1) is 6.17 Å². The predicted molar refractivity (Wildman–Crippen MR) is 39.2 cm³/mol. The van der Waals surface area contributed by atoms with Crippen LogP contribution in [0, 0.1) is 5.92 Å². The zero-order valence-corrected chi connectivity index (χ0v) is 6.45. The van der Waals surface area contributed by atoms with Gasteiger partial charge >= 0.3 is 0 Å². The summed E-state index contributed by atoms with van der Waals surface area (Å²) >= 11 is 0. The van der Waals surface area contributed by atoms with E-state index < -0.39 is 6.17 Å². The van der Waals surface area contributed by atoms with Crippen molar-refractivity contribution in [3.05, 3.63) is 12.2 Å². The van der Waals surface area contributed by atoms with Crippen molar-refractivity contribution in [3.8, 4) is 0 Å². The van der Waals surface area contributed by atoms with E-state index in [9.17, 15) is 4.39 Å². The average Bonchev–Trinajstić information content (AvgIpc) is 1.63. The van der Waals surface area contributed by atoms with Crippen LogP contribution in [0.1, 0.15) is 27.2 Å². The highest BCUT2D eigenvalue weighted by molar-refractivity contribution is 4.94. The maximum absolute atomic E-state index is 12.3. The van der Waals surface area contributed by atoms with E-state index in [-0.39, 0.29) is 0 Å². The summed E-state index contributed by atoms with van der Waals surface area (Å²) in [5, 5.41) is 0. The minimum Gasteiger partial charge on any atom is -0.248 e. The van der Waals surface area contributed by atoms with Crippen molar-refractivity contribution >= 4 is 0 Å². The lowest BCUT2D eigenvalue weighted by Crippen LogP contribution is -2.02. The molecule has 0 fully saturated rings. The first-order valence-corrected chi connectivity index (χ1v) is 3.33. The Morgan fingerprint density at radius 3 is 2.11 bits per heavy atom. The Kier molecular flexibility index (Phi) is 3.52. The van der Waals surface area contributed by atoms with E-state index >= 15 is 0 Å². The van der Waals surface area contributed by atoms with Crippen molar-refractivity contribution in [2.75, 3.05) is 0 Å². The number of rotatable bonds is 3. The normalized spacial score (nSPS) is 16.9. The third-order valence-electron chi connectivity index (χ3n) is 1.52. The van der Waals surface area contributed by atoms with Crippen LogP contribution >= 0.6 is 0 Å². The number of hydrogen-bond donors (Lipinski definition) is 0. The smallest absolute Gasteiger partial charge is 0.0979 e. The Bertz CT molecular complexity index is 94.7. The maximum atomic E-state index is 12.3. The molecule has 9 heavy (non-hydrogen) atoms. The number of halogens is 1. The molecule has 0 aliphatic carbocycles. The Morgan fingerprint density at radius 1 is 1.56 bits per heavy atom. The van der Waals surface area contributed by atoms with E-state index in [1.54, 1.807) is 6.92 Å². The third kappa shape index (κ3) is 4.19. The van der Waals surface area contributed by atoms with E-state index in [1.165, 1.54) is 0 Å². The first-order chi connectivity index (χ1) is 4.04. The van der Waals surface area contributed by atoms with Crippen molar-refractivity contribution in [2.24, 2.45) is 5.92 Å². The first kappa shape index (κ1) is 8.67. The molecule has 0 rings (SSSR count). The second kappa shape index (κ2) is 3.65. The molecule has 0 N–H and O–H groups in total. The maximum Gasteiger partial charge on any atom is 0.0979 e. The first-order valence-electron chi connectivity index (χ1n) is 3.33. The Labute approximate surface area is 56.8 Å². The van der Waals surface area contributed by atoms with E-state index in [1.807, 2.05) is 13.8 Å². The second-order valence-corrected chi connectivity index (χ2v) is 2.76.